The highest BCUT2D eigenvalue weighted by atomic mass is 79.9. The average molecular weight is 424 g/mol. The number of nitrogens with zero attached hydrogens (tertiary/aromatic N) is 2. The van der Waals surface area contributed by atoms with Gasteiger partial charge in [-0.1, -0.05) is 30.0 Å². The molecule has 24 heavy (non-hydrogen) atoms. The van der Waals surface area contributed by atoms with E-state index in [0.717, 1.165) is 28.2 Å². The summed E-state index contributed by atoms with van der Waals surface area (Å²) in [4.78, 5) is 6.64. The van der Waals surface area contributed by atoms with Gasteiger partial charge in [-0.25, -0.2) is 4.98 Å². The maximum absolute atomic E-state index is 6.30. The van der Waals surface area contributed by atoms with Crippen LogP contribution in [-0.2, 0) is 0 Å². The summed E-state index contributed by atoms with van der Waals surface area (Å²) in [6.07, 6.45) is 4.83. The Bertz CT molecular complexity index is 727. The van der Waals surface area contributed by atoms with Gasteiger partial charge in [-0.2, -0.15) is 11.8 Å². The smallest absolute Gasteiger partial charge is 0.178 e. The maximum Gasteiger partial charge on any atom is 0.178 e. The van der Waals surface area contributed by atoms with Crippen molar-refractivity contribution < 1.29 is 4.74 Å². The van der Waals surface area contributed by atoms with Gasteiger partial charge in [0, 0.05) is 22.4 Å². The second kappa shape index (κ2) is 8.29. The molecule has 2 aromatic rings. The fourth-order valence-corrected chi connectivity index (χ4v) is 3.97. The highest BCUT2D eigenvalue weighted by Gasteiger charge is 2.28. The number of aromatic nitrogens is 1. The molecule has 0 saturated carbocycles. The highest BCUT2D eigenvalue weighted by Crippen LogP contribution is 2.40. The van der Waals surface area contributed by atoms with Crippen LogP contribution in [0.15, 0.2) is 58.2 Å². The number of para-hydroxylation sites is 1. The van der Waals surface area contributed by atoms with E-state index >= 15 is 0 Å². The highest BCUT2D eigenvalue weighted by molar-refractivity contribution is 9.10. The Morgan fingerprint density at radius 3 is 2.92 bits per heavy atom. The van der Waals surface area contributed by atoms with Crippen molar-refractivity contribution in [1.82, 2.24) is 4.98 Å². The molecule has 0 saturated heterocycles. The Hall–Kier alpha value is -1.15. The predicted molar refractivity (Wildman–Crippen MR) is 108 cm³/mol. The minimum absolute atomic E-state index is 0.186. The third kappa shape index (κ3) is 4.08. The fraction of sp³-hybridized carbons (Fsp3) is 0.235. The molecule has 1 unspecified atom stereocenters. The molecule has 0 bridgehead atoms. The summed E-state index contributed by atoms with van der Waals surface area (Å²) in [5.41, 5.74) is 7.29. The van der Waals surface area contributed by atoms with Crippen molar-refractivity contribution in [2.24, 2.45) is 5.73 Å². The molecule has 0 spiro atoms. The standard InChI is InChI=1S/C17H18BrN3OS2/c1-23-8-7-13-11-24-17(19)21(13)16-15(9-12(18)10-20-16)22-14-5-3-2-4-6-14/h2-6,9-11,17H,7-8,19H2,1H3. The van der Waals surface area contributed by atoms with Crippen LogP contribution in [0.4, 0.5) is 5.82 Å². The van der Waals surface area contributed by atoms with Crippen molar-refractivity contribution in [3.05, 3.63) is 58.2 Å². The number of rotatable bonds is 6. The summed E-state index contributed by atoms with van der Waals surface area (Å²) in [6, 6.07) is 11.6. The number of benzene rings is 1. The molecule has 1 aromatic heterocycles. The molecule has 1 aliphatic rings. The molecule has 1 atom stereocenters. The van der Waals surface area contributed by atoms with Gasteiger partial charge in [-0.05, 0) is 51.9 Å². The number of pyridine rings is 1. The second-order valence-corrected chi connectivity index (χ2v) is 8.03. The lowest BCUT2D eigenvalue weighted by molar-refractivity contribution is 0.479. The SMILES string of the molecule is CSCCC1=CSC(N)N1c1ncc(Br)cc1Oc1ccccc1. The molecule has 0 aliphatic carbocycles. The van der Waals surface area contributed by atoms with Crippen molar-refractivity contribution >= 4 is 45.3 Å². The number of thioether (sulfide) groups is 2. The molecule has 0 amide bonds. The first-order valence-corrected chi connectivity index (χ1v) is 10.6. The van der Waals surface area contributed by atoms with E-state index in [4.69, 9.17) is 10.5 Å². The molecule has 7 heteroatoms. The van der Waals surface area contributed by atoms with E-state index < -0.39 is 0 Å². The van der Waals surface area contributed by atoms with Gasteiger partial charge in [0.25, 0.3) is 0 Å². The van der Waals surface area contributed by atoms with Crippen molar-refractivity contribution in [2.75, 3.05) is 16.9 Å². The lowest BCUT2D eigenvalue weighted by Gasteiger charge is -2.27. The minimum atomic E-state index is -0.186. The maximum atomic E-state index is 6.30. The van der Waals surface area contributed by atoms with Gasteiger partial charge >= 0.3 is 0 Å². The zero-order valence-electron chi connectivity index (χ0n) is 13.2. The molecule has 4 nitrogen and oxygen atoms in total. The van der Waals surface area contributed by atoms with E-state index in [1.54, 1.807) is 18.0 Å². The van der Waals surface area contributed by atoms with E-state index in [0.29, 0.717) is 5.75 Å². The van der Waals surface area contributed by atoms with Gasteiger partial charge in [0.05, 0.1) is 0 Å². The summed E-state index contributed by atoms with van der Waals surface area (Å²) >= 11 is 6.90. The van der Waals surface area contributed by atoms with Crippen LogP contribution in [0.5, 0.6) is 11.5 Å². The van der Waals surface area contributed by atoms with E-state index in [9.17, 15) is 0 Å². The second-order valence-electron chi connectivity index (χ2n) is 5.14. The number of ether oxygens (including phenoxy) is 1. The number of anilines is 1. The molecule has 1 aliphatic heterocycles. The Morgan fingerprint density at radius 2 is 2.17 bits per heavy atom. The monoisotopic (exact) mass is 423 g/mol. The average Bonchev–Trinajstić information content (AvgIpc) is 2.95. The lowest BCUT2D eigenvalue weighted by Crippen LogP contribution is -2.36. The van der Waals surface area contributed by atoms with E-state index in [2.05, 4.69) is 37.5 Å². The Morgan fingerprint density at radius 1 is 1.38 bits per heavy atom. The molecule has 2 heterocycles. The van der Waals surface area contributed by atoms with Crippen LogP contribution >= 0.6 is 39.5 Å². The Balaban J connectivity index is 1.93. The van der Waals surface area contributed by atoms with Gasteiger partial charge in [-0.3, -0.25) is 0 Å². The first-order valence-electron chi connectivity index (χ1n) is 7.46. The molecule has 0 fully saturated rings. The summed E-state index contributed by atoms with van der Waals surface area (Å²) < 4.78 is 6.94. The third-order valence-corrected chi connectivity index (χ3v) is 5.41. The van der Waals surface area contributed by atoms with Crippen molar-refractivity contribution in [2.45, 2.75) is 11.9 Å². The number of allylic oxidation sites excluding steroid dienone is 1. The predicted octanol–water partition coefficient (Wildman–Crippen LogP) is 5.03. The van der Waals surface area contributed by atoms with Gasteiger partial charge in [-0.15, -0.1) is 0 Å². The summed E-state index contributed by atoms with van der Waals surface area (Å²) in [5, 5.41) is 2.12. The molecular formula is C17H18BrN3OS2. The van der Waals surface area contributed by atoms with Crippen LogP contribution in [0.1, 0.15) is 6.42 Å². The van der Waals surface area contributed by atoms with Crippen LogP contribution < -0.4 is 15.4 Å². The minimum Gasteiger partial charge on any atom is -0.453 e. The molecule has 3 rings (SSSR count). The topological polar surface area (TPSA) is 51.4 Å². The number of nitrogens with two attached hydrogens (primary N) is 1. The van der Waals surface area contributed by atoms with Gasteiger partial charge in [0.15, 0.2) is 11.6 Å². The van der Waals surface area contributed by atoms with Crippen LogP contribution in [-0.4, -0.2) is 22.5 Å². The number of hydrogen-bond donors (Lipinski definition) is 1. The summed E-state index contributed by atoms with van der Waals surface area (Å²) in [7, 11) is 0. The van der Waals surface area contributed by atoms with Gasteiger partial charge in [0.1, 0.15) is 11.2 Å². The zero-order chi connectivity index (χ0) is 16.9. The van der Waals surface area contributed by atoms with E-state index in [1.165, 1.54) is 5.70 Å². The lowest BCUT2D eigenvalue weighted by atomic mass is 10.3. The Kier molecular flexibility index (Phi) is 6.10. The van der Waals surface area contributed by atoms with Crippen molar-refractivity contribution in [1.29, 1.82) is 0 Å². The molecular weight excluding hydrogens is 406 g/mol. The van der Waals surface area contributed by atoms with Crippen molar-refractivity contribution in [3.63, 3.8) is 0 Å². The van der Waals surface area contributed by atoms with Gasteiger partial charge < -0.3 is 15.4 Å². The van der Waals surface area contributed by atoms with Crippen LogP contribution in [0.25, 0.3) is 0 Å². The molecule has 1 aromatic carbocycles. The third-order valence-electron chi connectivity index (χ3n) is 3.47. The zero-order valence-corrected chi connectivity index (χ0v) is 16.4. The first kappa shape index (κ1) is 17.7. The molecule has 126 valence electrons. The largest absolute Gasteiger partial charge is 0.453 e. The quantitative estimate of drug-likeness (QED) is 0.702. The first-order chi connectivity index (χ1) is 11.7. The fourth-order valence-electron chi connectivity index (χ4n) is 2.36. The van der Waals surface area contributed by atoms with Gasteiger partial charge in [0.2, 0.25) is 0 Å². The van der Waals surface area contributed by atoms with E-state index in [-0.39, 0.29) is 5.50 Å². The number of hydrogen-bond acceptors (Lipinski definition) is 6. The Labute approximate surface area is 159 Å². The number of halogens is 1. The molecule has 2 N–H and O–H groups in total. The normalized spacial score (nSPS) is 17.0. The summed E-state index contributed by atoms with van der Waals surface area (Å²) in [5.74, 6) is 3.24. The summed E-state index contributed by atoms with van der Waals surface area (Å²) in [6.45, 7) is 0. The van der Waals surface area contributed by atoms with Crippen molar-refractivity contribution in [3.8, 4) is 11.5 Å². The van der Waals surface area contributed by atoms with Crippen LogP contribution in [0, 0.1) is 0 Å². The van der Waals surface area contributed by atoms with E-state index in [1.807, 2.05) is 48.2 Å². The van der Waals surface area contributed by atoms with Crippen LogP contribution in [0.2, 0.25) is 0 Å². The molecule has 0 radical (unpaired) electrons. The van der Waals surface area contributed by atoms with Crippen LogP contribution in [0.3, 0.4) is 0 Å².